The lowest BCUT2D eigenvalue weighted by Gasteiger charge is -2.20. The summed E-state index contributed by atoms with van der Waals surface area (Å²) in [6.07, 6.45) is -0.379. The molecule has 0 aliphatic rings. The maximum absolute atomic E-state index is 12.9. The number of nitrogens with one attached hydrogen (secondary N) is 1. The summed E-state index contributed by atoms with van der Waals surface area (Å²) in [6.45, 7) is 5.61. The highest BCUT2D eigenvalue weighted by Crippen LogP contribution is 2.28. The number of anilines is 1. The number of hydrogen-bond acceptors (Lipinski definition) is 4. The SMILES string of the molecule is CCC(C)C(=O)OC(C(=O)Nc1cc(C)ccc1OC)c1ccccc1. The lowest BCUT2D eigenvalue weighted by Crippen LogP contribution is -2.28. The molecule has 0 spiro atoms. The number of ether oxygens (including phenoxy) is 2. The summed E-state index contributed by atoms with van der Waals surface area (Å²) in [5, 5.41) is 2.82. The first-order chi connectivity index (χ1) is 12.5. The van der Waals surface area contributed by atoms with Crippen molar-refractivity contribution < 1.29 is 19.1 Å². The second kappa shape index (κ2) is 9.04. The van der Waals surface area contributed by atoms with Gasteiger partial charge in [-0.05, 0) is 31.0 Å². The molecule has 0 saturated heterocycles. The van der Waals surface area contributed by atoms with Crippen LogP contribution in [0.5, 0.6) is 5.75 Å². The first-order valence-electron chi connectivity index (χ1n) is 8.67. The molecule has 138 valence electrons. The number of hydrogen-bond donors (Lipinski definition) is 1. The number of aryl methyl sites for hydroxylation is 1. The lowest BCUT2D eigenvalue weighted by atomic mass is 10.1. The van der Waals surface area contributed by atoms with E-state index in [1.54, 1.807) is 37.3 Å². The van der Waals surface area contributed by atoms with Crippen LogP contribution in [0.15, 0.2) is 48.5 Å². The second-order valence-corrected chi connectivity index (χ2v) is 6.23. The third-order valence-electron chi connectivity index (χ3n) is 4.20. The van der Waals surface area contributed by atoms with Crippen LogP contribution in [-0.2, 0) is 14.3 Å². The summed E-state index contributed by atoms with van der Waals surface area (Å²) >= 11 is 0. The first kappa shape index (κ1) is 19.5. The Morgan fingerprint density at radius 1 is 1.12 bits per heavy atom. The van der Waals surface area contributed by atoms with Gasteiger partial charge < -0.3 is 14.8 Å². The van der Waals surface area contributed by atoms with Crippen molar-refractivity contribution >= 4 is 17.6 Å². The number of rotatable bonds is 7. The van der Waals surface area contributed by atoms with Gasteiger partial charge in [-0.2, -0.15) is 0 Å². The number of methoxy groups -OCH3 is 1. The number of carbonyl (C=O) groups excluding carboxylic acids is 2. The molecule has 5 heteroatoms. The van der Waals surface area contributed by atoms with E-state index in [9.17, 15) is 9.59 Å². The molecule has 2 aromatic carbocycles. The van der Waals surface area contributed by atoms with Gasteiger partial charge in [0.25, 0.3) is 5.91 Å². The topological polar surface area (TPSA) is 64.6 Å². The molecule has 0 bridgehead atoms. The van der Waals surface area contributed by atoms with Crippen molar-refractivity contribution in [3.8, 4) is 5.75 Å². The molecule has 0 saturated carbocycles. The Bertz CT molecular complexity index is 758. The Kier molecular flexibility index (Phi) is 6.78. The largest absolute Gasteiger partial charge is 0.495 e. The van der Waals surface area contributed by atoms with Crippen molar-refractivity contribution in [1.82, 2.24) is 0 Å². The van der Waals surface area contributed by atoms with Gasteiger partial charge in [0.2, 0.25) is 6.10 Å². The predicted molar refractivity (Wildman–Crippen MR) is 101 cm³/mol. The van der Waals surface area contributed by atoms with Gasteiger partial charge in [0.05, 0.1) is 18.7 Å². The van der Waals surface area contributed by atoms with Crippen LogP contribution in [0.3, 0.4) is 0 Å². The Labute approximate surface area is 154 Å². The van der Waals surface area contributed by atoms with Crippen molar-refractivity contribution in [1.29, 1.82) is 0 Å². The molecule has 2 atom stereocenters. The normalized spacial score (nSPS) is 12.8. The summed E-state index contributed by atoms with van der Waals surface area (Å²) in [6, 6.07) is 14.5. The van der Waals surface area contributed by atoms with E-state index in [-0.39, 0.29) is 5.92 Å². The van der Waals surface area contributed by atoms with Crippen molar-refractivity contribution in [3.05, 3.63) is 59.7 Å². The van der Waals surface area contributed by atoms with Gasteiger partial charge in [0.15, 0.2) is 0 Å². The summed E-state index contributed by atoms with van der Waals surface area (Å²) in [5.74, 6) is -0.545. The highest BCUT2D eigenvalue weighted by molar-refractivity contribution is 5.97. The van der Waals surface area contributed by atoms with Crippen molar-refractivity contribution in [2.45, 2.75) is 33.3 Å². The Morgan fingerprint density at radius 3 is 2.42 bits per heavy atom. The fourth-order valence-electron chi connectivity index (χ4n) is 2.42. The van der Waals surface area contributed by atoms with Crippen molar-refractivity contribution in [2.75, 3.05) is 12.4 Å². The van der Waals surface area contributed by atoms with E-state index in [1.165, 1.54) is 7.11 Å². The number of esters is 1. The smallest absolute Gasteiger partial charge is 0.309 e. The third kappa shape index (κ3) is 4.85. The fraction of sp³-hybridized carbons (Fsp3) is 0.333. The van der Waals surface area contributed by atoms with Gasteiger partial charge in [-0.25, -0.2) is 0 Å². The van der Waals surface area contributed by atoms with Crippen molar-refractivity contribution in [3.63, 3.8) is 0 Å². The highest BCUT2D eigenvalue weighted by Gasteiger charge is 2.27. The zero-order valence-corrected chi connectivity index (χ0v) is 15.6. The van der Waals surface area contributed by atoms with E-state index in [1.807, 2.05) is 32.0 Å². The van der Waals surface area contributed by atoms with Crippen LogP contribution in [-0.4, -0.2) is 19.0 Å². The van der Waals surface area contributed by atoms with E-state index in [2.05, 4.69) is 5.32 Å². The minimum Gasteiger partial charge on any atom is -0.495 e. The Morgan fingerprint density at radius 2 is 1.81 bits per heavy atom. The minimum absolute atomic E-state index is 0.275. The van der Waals surface area contributed by atoms with Gasteiger partial charge in [0.1, 0.15) is 5.75 Å². The molecule has 1 amide bonds. The minimum atomic E-state index is -1.03. The molecule has 5 nitrogen and oxygen atoms in total. The van der Waals surface area contributed by atoms with Crippen LogP contribution < -0.4 is 10.1 Å². The number of carbonyl (C=O) groups is 2. The third-order valence-corrected chi connectivity index (χ3v) is 4.20. The van der Waals surface area contributed by atoms with Crippen LogP contribution in [0.25, 0.3) is 0 Å². The van der Waals surface area contributed by atoms with Crippen LogP contribution >= 0.6 is 0 Å². The zero-order chi connectivity index (χ0) is 19.1. The maximum Gasteiger partial charge on any atom is 0.309 e. The maximum atomic E-state index is 12.9. The van der Waals surface area contributed by atoms with Crippen molar-refractivity contribution in [2.24, 2.45) is 5.92 Å². The van der Waals surface area contributed by atoms with E-state index in [0.29, 0.717) is 23.4 Å². The molecular formula is C21H25NO4. The lowest BCUT2D eigenvalue weighted by molar-refractivity contribution is -0.158. The number of benzene rings is 2. The molecule has 0 aliphatic carbocycles. The molecule has 0 aliphatic heterocycles. The molecule has 0 aromatic heterocycles. The summed E-state index contributed by atoms with van der Waals surface area (Å²) in [5.41, 5.74) is 2.14. The highest BCUT2D eigenvalue weighted by atomic mass is 16.5. The van der Waals surface area contributed by atoms with Gasteiger partial charge in [0, 0.05) is 5.56 Å². The molecule has 0 radical (unpaired) electrons. The summed E-state index contributed by atoms with van der Waals surface area (Å²) in [7, 11) is 1.54. The van der Waals surface area contributed by atoms with Gasteiger partial charge in [-0.1, -0.05) is 50.2 Å². The molecular weight excluding hydrogens is 330 g/mol. The molecule has 0 heterocycles. The second-order valence-electron chi connectivity index (χ2n) is 6.23. The van der Waals surface area contributed by atoms with Gasteiger partial charge >= 0.3 is 5.97 Å². The van der Waals surface area contributed by atoms with Crippen LogP contribution in [0.4, 0.5) is 5.69 Å². The predicted octanol–water partition coefficient (Wildman–Crippen LogP) is 4.27. The monoisotopic (exact) mass is 355 g/mol. The van der Waals surface area contributed by atoms with E-state index < -0.39 is 18.0 Å². The van der Waals surface area contributed by atoms with E-state index in [0.717, 1.165) is 5.56 Å². The van der Waals surface area contributed by atoms with Gasteiger partial charge in [-0.15, -0.1) is 0 Å². The van der Waals surface area contributed by atoms with E-state index in [4.69, 9.17) is 9.47 Å². The average molecular weight is 355 g/mol. The first-order valence-corrected chi connectivity index (χ1v) is 8.67. The van der Waals surface area contributed by atoms with E-state index >= 15 is 0 Å². The zero-order valence-electron chi connectivity index (χ0n) is 15.6. The van der Waals surface area contributed by atoms with Crippen LogP contribution in [0.1, 0.15) is 37.5 Å². The standard InChI is InChI=1S/C21H25NO4/c1-5-15(3)21(24)26-19(16-9-7-6-8-10-16)20(23)22-17-13-14(2)11-12-18(17)25-4/h6-13,15,19H,5H2,1-4H3,(H,22,23). The average Bonchev–Trinajstić information content (AvgIpc) is 2.66. The molecule has 2 rings (SSSR count). The summed E-state index contributed by atoms with van der Waals surface area (Å²) < 4.78 is 10.8. The summed E-state index contributed by atoms with van der Waals surface area (Å²) in [4.78, 5) is 25.2. The number of amides is 1. The molecule has 26 heavy (non-hydrogen) atoms. The Hall–Kier alpha value is -2.82. The fourth-order valence-corrected chi connectivity index (χ4v) is 2.42. The van der Waals surface area contributed by atoms with Crippen LogP contribution in [0, 0.1) is 12.8 Å². The quantitative estimate of drug-likeness (QED) is 0.753. The molecule has 0 fully saturated rings. The molecule has 2 unspecified atom stereocenters. The van der Waals surface area contributed by atoms with Crippen LogP contribution in [0.2, 0.25) is 0 Å². The Balaban J connectivity index is 2.29. The molecule has 2 aromatic rings. The van der Waals surface area contributed by atoms with Gasteiger partial charge in [-0.3, -0.25) is 9.59 Å². The molecule has 1 N–H and O–H groups in total.